The van der Waals surface area contributed by atoms with Gasteiger partial charge in [-0.3, -0.25) is 0 Å². The highest BCUT2D eigenvalue weighted by Crippen LogP contribution is 2.35. The van der Waals surface area contributed by atoms with Crippen molar-refractivity contribution in [2.24, 2.45) is 0 Å². The third kappa shape index (κ3) is 5.51. The minimum Gasteiger partial charge on any atom is -0.358 e. The molecule has 3 heterocycles. The van der Waals surface area contributed by atoms with Crippen LogP contribution in [0.3, 0.4) is 0 Å². The average molecular weight is 548 g/mol. The van der Waals surface area contributed by atoms with Crippen LogP contribution in [0, 0.1) is 5.82 Å². The van der Waals surface area contributed by atoms with E-state index in [1.807, 2.05) is 23.6 Å². The van der Waals surface area contributed by atoms with Gasteiger partial charge in [-0.15, -0.1) is 11.3 Å². The lowest BCUT2D eigenvalue weighted by Gasteiger charge is -2.33. The van der Waals surface area contributed by atoms with Gasteiger partial charge in [-0.25, -0.2) is 9.37 Å². The first-order valence-corrected chi connectivity index (χ1v) is 13.2. The SMILES string of the molecule is Fc1ccccc1CNC(=S)N1CCC(c2nc(-c3cc(-c4ccc(Cl)c(Cl)c4)no3)cs2)CC1. The van der Waals surface area contributed by atoms with E-state index in [4.69, 9.17) is 44.9 Å². The summed E-state index contributed by atoms with van der Waals surface area (Å²) in [6.45, 7) is 2.03. The summed E-state index contributed by atoms with van der Waals surface area (Å²) < 4.78 is 19.4. The Labute approximate surface area is 221 Å². The van der Waals surface area contributed by atoms with E-state index >= 15 is 0 Å². The number of thiocarbonyl (C=S) groups is 1. The Kier molecular flexibility index (Phi) is 7.34. The topological polar surface area (TPSA) is 54.2 Å². The van der Waals surface area contributed by atoms with Crippen LogP contribution in [-0.4, -0.2) is 33.2 Å². The van der Waals surface area contributed by atoms with E-state index in [0.29, 0.717) is 44.6 Å². The van der Waals surface area contributed by atoms with E-state index < -0.39 is 0 Å². The van der Waals surface area contributed by atoms with Crippen LogP contribution in [0.25, 0.3) is 22.7 Å². The van der Waals surface area contributed by atoms with Gasteiger partial charge in [0, 0.05) is 48.1 Å². The van der Waals surface area contributed by atoms with Gasteiger partial charge in [0.25, 0.3) is 0 Å². The predicted octanol–water partition coefficient (Wildman–Crippen LogP) is 7.17. The number of hydrogen-bond donors (Lipinski definition) is 1. The van der Waals surface area contributed by atoms with Crippen molar-refractivity contribution in [2.75, 3.05) is 13.1 Å². The molecule has 2 aromatic heterocycles. The molecule has 1 saturated heterocycles. The lowest BCUT2D eigenvalue weighted by atomic mass is 9.98. The molecule has 0 bridgehead atoms. The van der Waals surface area contributed by atoms with E-state index in [1.165, 1.54) is 6.07 Å². The maximum Gasteiger partial charge on any atom is 0.186 e. The van der Waals surface area contributed by atoms with Crippen molar-refractivity contribution in [3.8, 4) is 22.7 Å². The molecule has 0 amide bonds. The fraction of sp³-hybridized carbons (Fsp3) is 0.240. The van der Waals surface area contributed by atoms with Crippen molar-refractivity contribution in [1.29, 1.82) is 0 Å². The highest BCUT2D eigenvalue weighted by Gasteiger charge is 2.25. The number of thiazole rings is 1. The first-order valence-electron chi connectivity index (χ1n) is 11.1. The van der Waals surface area contributed by atoms with E-state index in [9.17, 15) is 4.39 Å². The molecule has 0 unspecified atom stereocenters. The van der Waals surface area contributed by atoms with E-state index in [0.717, 1.165) is 42.2 Å². The van der Waals surface area contributed by atoms with Crippen molar-refractivity contribution in [3.05, 3.63) is 80.3 Å². The molecule has 35 heavy (non-hydrogen) atoms. The second-order valence-electron chi connectivity index (χ2n) is 8.29. The van der Waals surface area contributed by atoms with Gasteiger partial charge >= 0.3 is 0 Å². The molecular formula is C25H21Cl2FN4OS2. The van der Waals surface area contributed by atoms with Gasteiger partial charge in [-0.05, 0) is 43.3 Å². The number of piperidine rings is 1. The first kappa shape index (κ1) is 24.2. The molecule has 0 radical (unpaired) electrons. The second kappa shape index (κ2) is 10.6. The molecule has 5 rings (SSSR count). The van der Waals surface area contributed by atoms with Crippen LogP contribution < -0.4 is 5.32 Å². The Morgan fingerprint density at radius 1 is 1.11 bits per heavy atom. The molecule has 1 aliphatic rings. The predicted molar refractivity (Wildman–Crippen MR) is 142 cm³/mol. The van der Waals surface area contributed by atoms with Gasteiger partial charge in [-0.2, -0.15) is 0 Å². The van der Waals surface area contributed by atoms with Gasteiger partial charge in [0.15, 0.2) is 10.9 Å². The Morgan fingerprint density at radius 3 is 2.69 bits per heavy atom. The molecular weight excluding hydrogens is 526 g/mol. The highest BCUT2D eigenvalue weighted by molar-refractivity contribution is 7.80. The van der Waals surface area contributed by atoms with Crippen LogP contribution in [0.15, 0.2) is 58.4 Å². The molecule has 2 aromatic carbocycles. The lowest BCUT2D eigenvalue weighted by molar-refractivity contribution is 0.309. The third-order valence-corrected chi connectivity index (χ3v) is 8.17. The van der Waals surface area contributed by atoms with Gasteiger partial charge in [0.1, 0.15) is 17.2 Å². The van der Waals surface area contributed by atoms with E-state index in [2.05, 4.69) is 15.4 Å². The average Bonchev–Trinajstić information content (AvgIpc) is 3.55. The largest absolute Gasteiger partial charge is 0.358 e. The second-order valence-corrected chi connectivity index (χ2v) is 10.4. The van der Waals surface area contributed by atoms with Crippen LogP contribution in [0.1, 0.15) is 29.3 Å². The number of rotatable bonds is 5. The van der Waals surface area contributed by atoms with Crippen molar-refractivity contribution >= 4 is 51.9 Å². The standard InChI is InChI=1S/C25H21Cl2FN4OS2/c26-18-6-5-16(11-19(18)27)21-12-23(33-31-21)22-14-35-24(30-22)15-7-9-32(10-8-15)25(34)29-13-17-3-1-2-4-20(17)28/h1-6,11-12,14-15H,7-10,13H2,(H,29,34). The summed E-state index contributed by atoms with van der Waals surface area (Å²) >= 11 is 19.3. The number of halogens is 3. The summed E-state index contributed by atoms with van der Waals surface area (Å²) in [7, 11) is 0. The molecule has 1 aliphatic heterocycles. The van der Waals surface area contributed by atoms with Gasteiger partial charge in [-0.1, -0.05) is 52.6 Å². The number of benzene rings is 2. The number of nitrogens with zero attached hydrogens (tertiary/aromatic N) is 3. The summed E-state index contributed by atoms with van der Waals surface area (Å²) in [5.74, 6) is 0.748. The summed E-state index contributed by atoms with van der Waals surface area (Å²) in [5.41, 5.74) is 2.89. The normalized spacial score (nSPS) is 14.3. The number of hydrogen-bond acceptors (Lipinski definition) is 5. The molecule has 5 nitrogen and oxygen atoms in total. The Bertz CT molecular complexity index is 1350. The van der Waals surface area contributed by atoms with Crippen molar-refractivity contribution in [2.45, 2.75) is 25.3 Å². The number of aromatic nitrogens is 2. The molecule has 1 N–H and O–H groups in total. The quantitative estimate of drug-likeness (QED) is 0.268. The van der Waals surface area contributed by atoms with Crippen molar-refractivity contribution in [1.82, 2.24) is 20.4 Å². The minimum atomic E-state index is -0.225. The lowest BCUT2D eigenvalue weighted by Crippen LogP contribution is -2.43. The molecule has 0 atom stereocenters. The van der Waals surface area contributed by atoms with Crippen molar-refractivity contribution < 1.29 is 8.91 Å². The Balaban J connectivity index is 1.17. The molecule has 10 heteroatoms. The maximum absolute atomic E-state index is 13.8. The fourth-order valence-electron chi connectivity index (χ4n) is 4.03. The summed E-state index contributed by atoms with van der Waals surface area (Å²) in [6, 6.07) is 13.9. The molecule has 1 fully saturated rings. The highest BCUT2D eigenvalue weighted by atomic mass is 35.5. The van der Waals surface area contributed by atoms with Crippen LogP contribution >= 0.6 is 46.8 Å². The third-order valence-electron chi connectivity index (χ3n) is 6.02. The molecule has 0 saturated carbocycles. The van der Waals surface area contributed by atoms with Crippen LogP contribution in [0.5, 0.6) is 0 Å². The number of likely N-dealkylation sites (tertiary alicyclic amines) is 1. The summed E-state index contributed by atoms with van der Waals surface area (Å²) in [6.07, 6.45) is 1.89. The number of nitrogens with one attached hydrogen (secondary N) is 1. The smallest absolute Gasteiger partial charge is 0.186 e. The first-order chi connectivity index (χ1) is 17.0. The zero-order valence-electron chi connectivity index (χ0n) is 18.5. The maximum atomic E-state index is 13.8. The zero-order valence-corrected chi connectivity index (χ0v) is 21.7. The van der Waals surface area contributed by atoms with Crippen LogP contribution in [-0.2, 0) is 6.54 Å². The Hall–Kier alpha value is -2.52. The summed E-state index contributed by atoms with van der Waals surface area (Å²) in [4.78, 5) is 6.97. The van der Waals surface area contributed by atoms with Crippen LogP contribution in [0.4, 0.5) is 4.39 Å². The zero-order chi connectivity index (χ0) is 24.4. The van der Waals surface area contributed by atoms with E-state index in [1.54, 1.807) is 35.6 Å². The van der Waals surface area contributed by atoms with Gasteiger partial charge in [0.05, 0.1) is 15.1 Å². The monoisotopic (exact) mass is 546 g/mol. The molecule has 4 aromatic rings. The molecule has 0 aliphatic carbocycles. The van der Waals surface area contributed by atoms with Crippen molar-refractivity contribution in [3.63, 3.8) is 0 Å². The fourth-order valence-corrected chi connectivity index (χ4v) is 5.56. The van der Waals surface area contributed by atoms with Crippen LogP contribution in [0.2, 0.25) is 10.0 Å². The molecule has 0 spiro atoms. The minimum absolute atomic E-state index is 0.225. The Morgan fingerprint density at radius 2 is 1.91 bits per heavy atom. The van der Waals surface area contributed by atoms with Gasteiger partial charge < -0.3 is 14.7 Å². The summed E-state index contributed by atoms with van der Waals surface area (Å²) in [5, 5.41) is 12.1. The van der Waals surface area contributed by atoms with Gasteiger partial charge in [0.2, 0.25) is 0 Å². The molecule has 180 valence electrons. The van der Waals surface area contributed by atoms with E-state index in [-0.39, 0.29) is 5.82 Å².